The van der Waals surface area contributed by atoms with Gasteiger partial charge in [0.15, 0.2) is 6.04 Å². The summed E-state index contributed by atoms with van der Waals surface area (Å²) in [7, 11) is -2.51. The van der Waals surface area contributed by atoms with Crippen molar-refractivity contribution in [3.8, 4) is 11.6 Å². The van der Waals surface area contributed by atoms with E-state index >= 15 is 0 Å². The summed E-state index contributed by atoms with van der Waals surface area (Å²) in [5.74, 6) is -2.70. The molecule has 2 aromatic rings. The van der Waals surface area contributed by atoms with Gasteiger partial charge in [0.25, 0.3) is 5.54 Å². The van der Waals surface area contributed by atoms with E-state index in [4.69, 9.17) is 31.3 Å². The number of carbonyl (C=O) groups is 4. The molecule has 1 saturated heterocycles. The highest BCUT2D eigenvalue weighted by molar-refractivity contribution is 7.91. The first-order valence-electron chi connectivity index (χ1n) is 17.0. The average molecular weight is 762 g/mol. The number of hydrogen-bond acceptors (Lipinski definition) is 11. The third-order valence-electron chi connectivity index (χ3n) is 9.36. The van der Waals surface area contributed by atoms with Crippen LogP contribution in [0.25, 0.3) is 10.8 Å². The zero-order chi connectivity index (χ0) is 38.6. The molecule has 282 valence electrons. The second kappa shape index (κ2) is 13.9. The molecule has 0 bridgehead atoms. The number of rotatable bonds is 11. The molecule has 1 aliphatic heterocycles. The number of likely N-dealkylation sites (tertiary alicyclic amines) is 1. The monoisotopic (exact) mass is 761 g/mol. The van der Waals surface area contributed by atoms with Crippen molar-refractivity contribution < 1.29 is 46.5 Å². The number of sulfonamides is 1. The Labute approximate surface area is 307 Å². The van der Waals surface area contributed by atoms with Gasteiger partial charge in [-0.25, -0.2) is 27.7 Å². The number of ether oxygens (including phenoxy) is 3. The maximum absolute atomic E-state index is 14.5. The smallest absolute Gasteiger partial charge is 0.434 e. The molecule has 2 saturated carbocycles. The van der Waals surface area contributed by atoms with E-state index in [0.717, 1.165) is 0 Å². The van der Waals surface area contributed by atoms with Crippen LogP contribution in [0.15, 0.2) is 37.1 Å². The number of aromatic nitrogens is 1. The predicted molar refractivity (Wildman–Crippen MR) is 190 cm³/mol. The standard InChI is InChI=1S/C35H45ClN6O9S/c1-9-19-16-35(19,31(45)40-52(47,48)22-11-12-22)42(37)29(43)25-15-21(50-28-24-14-20(36)10-13-23(24)26(49-8)17-38-28)18-41(25)30(44)27(33(2,3)4)39-32(46)51-34(5,6)7/h9-10,13-14,17,19,21-22,25,27,37H,1,11-12,15-16,18H2,2-8H3,(H-,39,40,45,46)/p+1/t19-,21-,25+,27-,35-/m1/s1. The molecule has 4 amide bonds. The van der Waals surface area contributed by atoms with E-state index in [1.807, 2.05) is 0 Å². The topological polar surface area (TPSA) is 197 Å². The lowest BCUT2D eigenvalue weighted by molar-refractivity contribution is -0.575. The zero-order valence-electron chi connectivity index (χ0n) is 30.3. The molecule has 52 heavy (non-hydrogen) atoms. The minimum absolute atomic E-state index is 0.0360. The van der Waals surface area contributed by atoms with Crippen molar-refractivity contribution in [3.05, 3.63) is 42.1 Å². The van der Waals surface area contributed by atoms with Crippen LogP contribution in [0.1, 0.15) is 67.2 Å². The number of hydrogen-bond donors (Lipinski definition) is 3. The fraction of sp³-hybridized carbons (Fsp3) is 0.571. The number of methoxy groups -OCH3 is 1. The molecule has 1 aromatic carbocycles. The lowest BCUT2D eigenvalue weighted by Crippen LogP contribution is -2.59. The Hall–Kier alpha value is -4.31. The van der Waals surface area contributed by atoms with Gasteiger partial charge in [0, 0.05) is 28.6 Å². The van der Waals surface area contributed by atoms with Gasteiger partial charge in [0.1, 0.15) is 23.5 Å². The van der Waals surface area contributed by atoms with Crippen molar-refractivity contribution in [2.75, 3.05) is 13.7 Å². The molecule has 0 spiro atoms. The average Bonchev–Trinajstić information content (AvgIpc) is 3.97. The van der Waals surface area contributed by atoms with E-state index in [1.165, 1.54) is 24.3 Å². The molecule has 3 fully saturated rings. The van der Waals surface area contributed by atoms with E-state index < -0.39 is 79.7 Å². The van der Waals surface area contributed by atoms with E-state index in [0.29, 0.717) is 39.1 Å². The third-order valence-corrected chi connectivity index (χ3v) is 11.4. The Morgan fingerprint density at radius 3 is 2.38 bits per heavy atom. The van der Waals surface area contributed by atoms with Crippen LogP contribution < -0.4 is 19.5 Å². The molecule has 5 rings (SSSR count). The van der Waals surface area contributed by atoms with Gasteiger partial charge in [-0.15, -0.1) is 6.58 Å². The SMILES string of the molecule is C=C[C@@H]1C[C@@]1(C(=O)NS(=O)(=O)C1CC1)[N+](=N)C(=O)[C@@H]1C[C@@H](Oc2ncc(OC)c3ccc(Cl)cc23)CN1C(=O)[C@@H](NC(=O)OC(C)(C)C)C(C)(C)C. The van der Waals surface area contributed by atoms with Gasteiger partial charge >= 0.3 is 17.9 Å². The predicted octanol–water partition coefficient (Wildman–Crippen LogP) is 4.31. The molecule has 2 aliphatic carbocycles. The van der Waals surface area contributed by atoms with Crippen LogP contribution in [-0.2, 0) is 29.1 Å². The second-order valence-electron chi connectivity index (χ2n) is 15.6. The first-order chi connectivity index (χ1) is 24.1. The van der Waals surface area contributed by atoms with E-state index in [-0.39, 0.29) is 25.3 Å². The third kappa shape index (κ3) is 7.87. The van der Waals surface area contributed by atoms with E-state index in [9.17, 15) is 27.6 Å². The number of nitrogens with one attached hydrogen (secondary N) is 3. The summed E-state index contributed by atoms with van der Waals surface area (Å²) in [6.45, 7) is 13.8. The maximum atomic E-state index is 14.5. The molecular formula is C35H46ClN6O9S+. The van der Waals surface area contributed by atoms with Gasteiger partial charge in [-0.1, -0.05) is 44.0 Å². The fourth-order valence-corrected chi connectivity index (χ4v) is 7.91. The van der Waals surface area contributed by atoms with Crippen LogP contribution in [0.3, 0.4) is 0 Å². The maximum Gasteiger partial charge on any atom is 0.434 e. The summed E-state index contributed by atoms with van der Waals surface area (Å²) in [4.78, 5) is 61.1. The lowest BCUT2D eigenvalue weighted by atomic mass is 9.85. The Balaban J connectivity index is 1.50. The first-order valence-corrected chi connectivity index (χ1v) is 18.9. The summed E-state index contributed by atoms with van der Waals surface area (Å²) >= 11 is 6.31. The fourth-order valence-electron chi connectivity index (χ4n) is 6.38. The van der Waals surface area contributed by atoms with Gasteiger partial charge in [-0.3, -0.25) is 9.59 Å². The molecule has 3 N–H and O–H groups in total. The normalized spacial score (nSPS) is 23.7. The van der Waals surface area contributed by atoms with Crippen molar-refractivity contribution in [2.24, 2.45) is 11.3 Å². The molecule has 1 aromatic heterocycles. The molecule has 17 heteroatoms. The molecule has 3 aliphatic rings. The van der Waals surface area contributed by atoms with Crippen LogP contribution in [0, 0.1) is 16.9 Å². The Morgan fingerprint density at radius 2 is 1.83 bits per heavy atom. The van der Waals surface area contributed by atoms with Crippen LogP contribution in [0.5, 0.6) is 11.6 Å². The van der Waals surface area contributed by atoms with Crippen LogP contribution in [-0.4, -0.2) is 95.0 Å². The first kappa shape index (κ1) is 38.9. The number of amides is 4. The zero-order valence-corrected chi connectivity index (χ0v) is 31.9. The number of fused-ring (bicyclic) bond motifs is 1. The molecule has 0 radical (unpaired) electrons. The van der Waals surface area contributed by atoms with Gasteiger partial charge in [-0.05, 0) is 61.9 Å². The highest BCUT2D eigenvalue weighted by Gasteiger charge is 2.73. The molecule has 2 heterocycles. The number of carbonyl (C=O) groups excluding carboxylic acids is 4. The number of benzene rings is 1. The molecule has 5 atom stereocenters. The molecular weight excluding hydrogens is 716 g/mol. The summed E-state index contributed by atoms with van der Waals surface area (Å²) in [5, 5.41) is 3.52. The summed E-state index contributed by atoms with van der Waals surface area (Å²) in [6.07, 6.45) is 1.81. The largest absolute Gasteiger partial charge is 0.494 e. The van der Waals surface area contributed by atoms with Crippen LogP contribution in [0.4, 0.5) is 4.79 Å². The van der Waals surface area contributed by atoms with E-state index in [2.05, 4.69) is 21.6 Å². The minimum Gasteiger partial charge on any atom is -0.494 e. The van der Waals surface area contributed by atoms with Gasteiger partial charge in [-0.2, -0.15) is 0 Å². The summed E-state index contributed by atoms with van der Waals surface area (Å²) < 4.78 is 45.2. The Morgan fingerprint density at radius 1 is 1.15 bits per heavy atom. The van der Waals surface area contributed by atoms with E-state index in [1.54, 1.807) is 59.7 Å². The van der Waals surface area contributed by atoms with Crippen LogP contribution >= 0.6 is 11.6 Å². The highest BCUT2D eigenvalue weighted by atomic mass is 35.5. The number of nitrogens with zero attached hydrogens (tertiary/aromatic N) is 3. The van der Waals surface area contributed by atoms with Gasteiger partial charge < -0.3 is 24.4 Å². The van der Waals surface area contributed by atoms with Crippen molar-refractivity contribution in [1.82, 2.24) is 19.9 Å². The Bertz CT molecular complexity index is 1940. The number of halogens is 1. The molecule has 15 nitrogen and oxygen atoms in total. The van der Waals surface area contributed by atoms with Crippen molar-refractivity contribution in [2.45, 2.75) is 102 Å². The number of pyridine rings is 1. The van der Waals surface area contributed by atoms with Crippen molar-refractivity contribution in [1.29, 1.82) is 5.53 Å². The van der Waals surface area contributed by atoms with Crippen molar-refractivity contribution in [3.63, 3.8) is 0 Å². The van der Waals surface area contributed by atoms with Crippen molar-refractivity contribution >= 4 is 56.2 Å². The quantitative estimate of drug-likeness (QED) is 0.169. The number of alkyl carbamates (subject to hydrolysis) is 1. The summed E-state index contributed by atoms with van der Waals surface area (Å²) in [6, 6.07) is 2.52. The lowest BCUT2D eigenvalue weighted by Gasteiger charge is -2.35. The summed E-state index contributed by atoms with van der Waals surface area (Å²) in [5.41, 5.74) is 5.40. The Kier molecular flexibility index (Phi) is 10.4. The van der Waals surface area contributed by atoms with Gasteiger partial charge in [0.2, 0.25) is 21.8 Å². The van der Waals surface area contributed by atoms with Crippen LogP contribution in [0.2, 0.25) is 5.02 Å². The van der Waals surface area contributed by atoms with Gasteiger partial charge in [0.05, 0.1) is 31.0 Å². The second-order valence-corrected chi connectivity index (χ2v) is 18.0. The molecule has 0 unspecified atom stereocenters. The highest BCUT2D eigenvalue weighted by Crippen LogP contribution is 2.49. The minimum atomic E-state index is -4.00.